The van der Waals surface area contributed by atoms with Crippen molar-refractivity contribution < 1.29 is 14.0 Å². The molecule has 28 heavy (non-hydrogen) atoms. The van der Waals surface area contributed by atoms with Crippen LogP contribution in [0.5, 0.6) is 0 Å². The number of rotatable bonds is 5. The van der Waals surface area contributed by atoms with Crippen molar-refractivity contribution in [2.24, 2.45) is 11.0 Å². The number of carbonyl (C=O) groups excluding carboxylic acids is 2. The second-order valence-corrected chi connectivity index (χ2v) is 7.60. The van der Waals surface area contributed by atoms with Crippen LogP contribution in [0.4, 0.5) is 10.1 Å². The van der Waals surface area contributed by atoms with Gasteiger partial charge in [-0.3, -0.25) is 9.59 Å². The van der Waals surface area contributed by atoms with Crippen molar-refractivity contribution in [1.29, 1.82) is 0 Å². The molecule has 1 saturated carbocycles. The third-order valence-electron chi connectivity index (χ3n) is 4.86. The van der Waals surface area contributed by atoms with E-state index in [2.05, 4.69) is 10.4 Å². The van der Waals surface area contributed by atoms with E-state index < -0.39 is 5.82 Å². The minimum Gasteiger partial charge on any atom is -0.352 e. The quantitative estimate of drug-likeness (QED) is 0.827. The smallest absolute Gasteiger partial charge is 0.253 e. The van der Waals surface area contributed by atoms with Crippen LogP contribution in [-0.2, 0) is 16.1 Å². The highest BCUT2D eigenvalue weighted by Gasteiger charge is 2.30. The average Bonchev–Trinajstić information content (AvgIpc) is 3.44. The summed E-state index contributed by atoms with van der Waals surface area (Å²) in [4.78, 5) is 24.4. The molecule has 0 saturated heterocycles. The Hall–Kier alpha value is -2.73. The SMILES string of the molecule is Cc1ccc(C2=NN(c3cc(CNC(=O)C4CC4)ccc3Cl)C(=O)C2)c(F)c1. The Kier molecular flexibility index (Phi) is 4.89. The van der Waals surface area contributed by atoms with E-state index in [0.717, 1.165) is 24.0 Å². The number of hydrogen-bond acceptors (Lipinski definition) is 3. The normalized spacial score (nSPS) is 16.3. The van der Waals surface area contributed by atoms with Gasteiger partial charge in [-0.05, 0) is 55.2 Å². The van der Waals surface area contributed by atoms with Gasteiger partial charge in [0.05, 0.1) is 22.8 Å². The number of benzene rings is 2. The number of hydrazone groups is 1. The first kappa shape index (κ1) is 18.6. The third kappa shape index (κ3) is 3.78. The predicted molar refractivity (Wildman–Crippen MR) is 106 cm³/mol. The highest BCUT2D eigenvalue weighted by Crippen LogP contribution is 2.32. The molecular weight excluding hydrogens is 381 g/mol. The highest BCUT2D eigenvalue weighted by atomic mass is 35.5. The van der Waals surface area contributed by atoms with Crippen LogP contribution in [0.15, 0.2) is 41.5 Å². The summed E-state index contributed by atoms with van der Waals surface area (Å²) in [6.07, 6.45) is 1.87. The van der Waals surface area contributed by atoms with Crippen LogP contribution < -0.4 is 10.3 Å². The van der Waals surface area contributed by atoms with Crippen molar-refractivity contribution in [3.8, 4) is 0 Å². The summed E-state index contributed by atoms with van der Waals surface area (Å²) in [7, 11) is 0. The lowest BCUT2D eigenvalue weighted by molar-refractivity contribution is -0.122. The van der Waals surface area contributed by atoms with E-state index in [0.29, 0.717) is 28.5 Å². The number of aryl methyl sites for hydroxylation is 1. The van der Waals surface area contributed by atoms with Gasteiger partial charge in [0.15, 0.2) is 0 Å². The van der Waals surface area contributed by atoms with Gasteiger partial charge in [0, 0.05) is 18.0 Å². The molecule has 2 aromatic rings. The minimum absolute atomic E-state index is 0.00104. The summed E-state index contributed by atoms with van der Waals surface area (Å²) in [5.74, 6) is -0.514. The number of carbonyl (C=O) groups is 2. The van der Waals surface area contributed by atoms with Gasteiger partial charge in [-0.2, -0.15) is 10.1 Å². The summed E-state index contributed by atoms with van der Waals surface area (Å²) >= 11 is 6.29. The molecule has 5 nitrogen and oxygen atoms in total. The van der Waals surface area contributed by atoms with E-state index >= 15 is 0 Å². The van der Waals surface area contributed by atoms with Crippen LogP contribution in [0.3, 0.4) is 0 Å². The molecule has 0 spiro atoms. The maximum absolute atomic E-state index is 14.3. The number of nitrogens with zero attached hydrogens (tertiary/aromatic N) is 2. The fraction of sp³-hybridized carbons (Fsp3) is 0.286. The molecule has 1 aliphatic heterocycles. The minimum atomic E-state index is -0.406. The monoisotopic (exact) mass is 399 g/mol. The molecule has 2 aromatic carbocycles. The van der Waals surface area contributed by atoms with Gasteiger partial charge in [0.2, 0.25) is 5.91 Å². The summed E-state index contributed by atoms with van der Waals surface area (Å²) in [5, 5.41) is 8.78. The van der Waals surface area contributed by atoms with Crippen molar-refractivity contribution >= 4 is 34.8 Å². The molecule has 0 atom stereocenters. The van der Waals surface area contributed by atoms with Crippen LogP contribution in [0.2, 0.25) is 5.02 Å². The van der Waals surface area contributed by atoms with Crippen LogP contribution in [0, 0.1) is 18.7 Å². The third-order valence-corrected chi connectivity index (χ3v) is 5.18. The molecule has 0 bridgehead atoms. The Morgan fingerprint density at radius 1 is 1.29 bits per heavy atom. The highest BCUT2D eigenvalue weighted by molar-refractivity contribution is 6.34. The van der Waals surface area contributed by atoms with Crippen molar-refractivity contribution in [3.05, 3.63) is 63.9 Å². The lowest BCUT2D eigenvalue weighted by atomic mass is 10.1. The number of nitrogens with one attached hydrogen (secondary N) is 1. The van der Waals surface area contributed by atoms with Gasteiger partial charge in [0.1, 0.15) is 5.82 Å². The number of amides is 2. The fourth-order valence-corrected chi connectivity index (χ4v) is 3.33. The Bertz CT molecular complexity index is 1000. The molecule has 0 aromatic heterocycles. The molecule has 4 rings (SSSR count). The average molecular weight is 400 g/mol. The zero-order chi connectivity index (χ0) is 19.8. The molecule has 0 radical (unpaired) electrons. The second-order valence-electron chi connectivity index (χ2n) is 7.19. The largest absolute Gasteiger partial charge is 0.352 e. The topological polar surface area (TPSA) is 61.8 Å². The molecule has 2 amide bonds. The molecule has 1 aliphatic carbocycles. The fourth-order valence-electron chi connectivity index (χ4n) is 3.13. The molecule has 1 N–H and O–H groups in total. The molecule has 7 heteroatoms. The van der Waals surface area contributed by atoms with Gasteiger partial charge >= 0.3 is 0 Å². The first-order valence-electron chi connectivity index (χ1n) is 9.15. The molecule has 144 valence electrons. The summed E-state index contributed by atoms with van der Waals surface area (Å²) in [6.45, 7) is 2.15. The summed E-state index contributed by atoms with van der Waals surface area (Å²) in [6, 6.07) is 10.0. The summed E-state index contributed by atoms with van der Waals surface area (Å²) in [5.41, 5.74) is 2.71. The van der Waals surface area contributed by atoms with E-state index in [-0.39, 0.29) is 24.2 Å². The number of hydrogen-bond donors (Lipinski definition) is 1. The molecule has 0 unspecified atom stereocenters. The standard InChI is InChI=1S/C21H19ClFN3O2/c1-12-2-6-15(17(23)8-12)18-10-20(27)26(25-18)19-9-13(3-7-16(19)22)11-24-21(28)14-4-5-14/h2-3,6-9,14H,4-5,10-11H2,1H3,(H,24,28). The van der Waals surface area contributed by atoms with Gasteiger partial charge in [-0.25, -0.2) is 4.39 Å². The lowest BCUT2D eigenvalue weighted by Gasteiger charge is -2.15. The van der Waals surface area contributed by atoms with Gasteiger partial charge in [-0.1, -0.05) is 23.7 Å². The maximum atomic E-state index is 14.3. The number of anilines is 1. The molecular formula is C21H19ClFN3O2. The van der Waals surface area contributed by atoms with Crippen LogP contribution in [-0.4, -0.2) is 17.5 Å². The van der Waals surface area contributed by atoms with Gasteiger partial charge < -0.3 is 5.32 Å². The van der Waals surface area contributed by atoms with E-state index in [1.165, 1.54) is 11.1 Å². The Morgan fingerprint density at radius 2 is 2.07 bits per heavy atom. The maximum Gasteiger partial charge on any atom is 0.253 e. The molecule has 2 aliphatic rings. The van der Waals surface area contributed by atoms with E-state index in [4.69, 9.17) is 11.6 Å². The van der Waals surface area contributed by atoms with E-state index in [1.807, 2.05) is 0 Å². The first-order chi connectivity index (χ1) is 13.4. The van der Waals surface area contributed by atoms with Crippen LogP contribution in [0.1, 0.15) is 36.0 Å². The Balaban J connectivity index is 1.58. The van der Waals surface area contributed by atoms with Crippen LogP contribution in [0.25, 0.3) is 0 Å². The van der Waals surface area contributed by atoms with E-state index in [9.17, 15) is 14.0 Å². The first-order valence-corrected chi connectivity index (χ1v) is 9.53. The Morgan fingerprint density at radius 3 is 2.79 bits per heavy atom. The van der Waals surface area contributed by atoms with Crippen molar-refractivity contribution in [1.82, 2.24) is 5.32 Å². The van der Waals surface area contributed by atoms with Gasteiger partial charge in [-0.15, -0.1) is 0 Å². The number of halogens is 2. The second kappa shape index (κ2) is 7.36. The van der Waals surface area contributed by atoms with Crippen molar-refractivity contribution in [2.75, 3.05) is 5.01 Å². The van der Waals surface area contributed by atoms with Crippen LogP contribution >= 0.6 is 11.6 Å². The predicted octanol–water partition coefficient (Wildman–Crippen LogP) is 3.95. The zero-order valence-corrected chi connectivity index (χ0v) is 16.1. The zero-order valence-electron chi connectivity index (χ0n) is 15.3. The summed E-state index contributed by atoms with van der Waals surface area (Å²) < 4.78 is 14.3. The lowest BCUT2D eigenvalue weighted by Crippen LogP contribution is -2.24. The van der Waals surface area contributed by atoms with Crippen molar-refractivity contribution in [2.45, 2.75) is 32.7 Å². The molecule has 1 heterocycles. The molecule has 1 fully saturated rings. The van der Waals surface area contributed by atoms with Gasteiger partial charge in [0.25, 0.3) is 5.91 Å². The van der Waals surface area contributed by atoms with Crippen molar-refractivity contribution in [3.63, 3.8) is 0 Å². The Labute approximate surface area is 167 Å². The van der Waals surface area contributed by atoms with E-state index in [1.54, 1.807) is 37.3 Å².